The number of thioether (sulfide) groups is 1. The number of anilines is 1. The average molecular weight is 459 g/mol. The van der Waals surface area contributed by atoms with E-state index in [0.29, 0.717) is 16.6 Å². The Morgan fingerprint density at radius 3 is 2.42 bits per heavy atom. The SMILES string of the molecule is COc1ccccc1NC(=O)C(C)Sc1nnc(-c2ccccc2)n1-c1ccc(C)c(C)c1. The van der Waals surface area contributed by atoms with Crippen LogP contribution in [0.15, 0.2) is 78.0 Å². The van der Waals surface area contributed by atoms with Crippen molar-refractivity contribution in [1.82, 2.24) is 14.8 Å². The first-order valence-corrected chi connectivity index (χ1v) is 11.5. The van der Waals surface area contributed by atoms with Crippen LogP contribution in [-0.2, 0) is 4.79 Å². The first-order valence-electron chi connectivity index (χ1n) is 10.7. The smallest absolute Gasteiger partial charge is 0.237 e. The molecule has 0 saturated heterocycles. The van der Waals surface area contributed by atoms with Crippen LogP contribution in [0.4, 0.5) is 5.69 Å². The Morgan fingerprint density at radius 1 is 0.970 bits per heavy atom. The maximum Gasteiger partial charge on any atom is 0.237 e. The molecular formula is C26H26N4O2S. The van der Waals surface area contributed by atoms with Crippen LogP contribution in [0.5, 0.6) is 5.75 Å². The number of nitrogens with zero attached hydrogens (tertiary/aromatic N) is 3. The third-order valence-corrected chi connectivity index (χ3v) is 6.47. The Labute approximate surface area is 198 Å². The number of rotatable bonds is 7. The highest BCUT2D eigenvalue weighted by atomic mass is 32.2. The number of benzene rings is 3. The van der Waals surface area contributed by atoms with Crippen LogP contribution in [-0.4, -0.2) is 33.0 Å². The van der Waals surface area contributed by atoms with Crippen molar-refractivity contribution < 1.29 is 9.53 Å². The van der Waals surface area contributed by atoms with Gasteiger partial charge in [0.1, 0.15) is 5.75 Å². The van der Waals surface area contributed by atoms with E-state index in [9.17, 15) is 4.79 Å². The minimum atomic E-state index is -0.409. The molecule has 6 nitrogen and oxygen atoms in total. The van der Waals surface area contributed by atoms with Gasteiger partial charge in [-0.3, -0.25) is 9.36 Å². The number of hydrogen-bond acceptors (Lipinski definition) is 5. The molecule has 168 valence electrons. The topological polar surface area (TPSA) is 69.0 Å². The maximum atomic E-state index is 13.0. The summed E-state index contributed by atoms with van der Waals surface area (Å²) in [6.45, 7) is 6.03. The molecule has 1 heterocycles. The van der Waals surface area contributed by atoms with Crippen molar-refractivity contribution >= 4 is 23.4 Å². The first kappa shape index (κ1) is 22.6. The summed E-state index contributed by atoms with van der Waals surface area (Å²) >= 11 is 1.37. The quantitative estimate of drug-likeness (QED) is 0.361. The maximum absolute atomic E-state index is 13.0. The number of amides is 1. The predicted molar refractivity (Wildman–Crippen MR) is 133 cm³/mol. The number of methoxy groups -OCH3 is 1. The van der Waals surface area contributed by atoms with Gasteiger partial charge in [0.15, 0.2) is 11.0 Å². The van der Waals surface area contributed by atoms with Gasteiger partial charge in [0.05, 0.1) is 23.7 Å². The molecule has 0 saturated carbocycles. The van der Waals surface area contributed by atoms with Crippen molar-refractivity contribution in [2.24, 2.45) is 0 Å². The molecule has 0 bridgehead atoms. The second kappa shape index (κ2) is 9.92. The lowest BCUT2D eigenvalue weighted by Crippen LogP contribution is -2.23. The van der Waals surface area contributed by atoms with Crippen LogP contribution in [0.1, 0.15) is 18.1 Å². The zero-order chi connectivity index (χ0) is 23.4. The molecule has 0 fully saturated rings. The molecular weight excluding hydrogens is 432 g/mol. The molecule has 7 heteroatoms. The summed E-state index contributed by atoms with van der Waals surface area (Å²) in [7, 11) is 1.58. The summed E-state index contributed by atoms with van der Waals surface area (Å²) in [5, 5.41) is 12.1. The number of carbonyl (C=O) groups excluding carboxylic acids is 1. The fourth-order valence-corrected chi connectivity index (χ4v) is 4.28. The summed E-state index contributed by atoms with van der Waals surface area (Å²) in [5.74, 6) is 1.21. The molecule has 0 aliphatic carbocycles. The third-order valence-electron chi connectivity index (χ3n) is 5.43. The van der Waals surface area contributed by atoms with Gasteiger partial charge in [-0.2, -0.15) is 0 Å². The number of para-hydroxylation sites is 2. The summed E-state index contributed by atoms with van der Waals surface area (Å²) < 4.78 is 7.36. The Balaban J connectivity index is 1.66. The number of hydrogen-bond donors (Lipinski definition) is 1. The lowest BCUT2D eigenvalue weighted by Gasteiger charge is -2.16. The molecule has 4 aromatic rings. The molecule has 1 aromatic heterocycles. The minimum absolute atomic E-state index is 0.139. The van der Waals surface area contributed by atoms with Gasteiger partial charge in [0.25, 0.3) is 0 Å². The van der Waals surface area contributed by atoms with Crippen molar-refractivity contribution in [1.29, 1.82) is 0 Å². The van der Waals surface area contributed by atoms with E-state index in [1.165, 1.54) is 22.9 Å². The van der Waals surface area contributed by atoms with Crippen LogP contribution in [0.2, 0.25) is 0 Å². The lowest BCUT2D eigenvalue weighted by atomic mass is 10.1. The monoisotopic (exact) mass is 458 g/mol. The summed E-state index contributed by atoms with van der Waals surface area (Å²) in [4.78, 5) is 13.0. The molecule has 0 aliphatic rings. The molecule has 0 spiro atoms. The number of aromatic nitrogens is 3. The predicted octanol–water partition coefficient (Wildman–Crippen LogP) is 5.68. The van der Waals surface area contributed by atoms with E-state index in [-0.39, 0.29) is 5.91 Å². The lowest BCUT2D eigenvalue weighted by molar-refractivity contribution is -0.115. The number of ether oxygens (including phenoxy) is 1. The van der Waals surface area contributed by atoms with Crippen LogP contribution in [0, 0.1) is 13.8 Å². The molecule has 3 aromatic carbocycles. The highest BCUT2D eigenvalue weighted by molar-refractivity contribution is 8.00. The number of aryl methyl sites for hydroxylation is 2. The average Bonchev–Trinajstić information content (AvgIpc) is 3.25. The standard InChI is InChI=1S/C26H26N4O2S/c1-17-14-15-21(16-18(17)2)30-24(20-10-6-5-7-11-20)28-29-26(30)33-19(3)25(31)27-22-12-8-9-13-23(22)32-4/h5-16,19H,1-4H3,(H,27,31). The van der Waals surface area contributed by atoms with E-state index in [1.54, 1.807) is 7.11 Å². The van der Waals surface area contributed by atoms with E-state index >= 15 is 0 Å². The Hall–Kier alpha value is -3.58. The van der Waals surface area contributed by atoms with Crippen molar-refractivity contribution in [3.8, 4) is 22.8 Å². The van der Waals surface area contributed by atoms with Gasteiger partial charge in [-0.05, 0) is 56.2 Å². The normalized spacial score (nSPS) is 11.8. The van der Waals surface area contributed by atoms with Crippen LogP contribution >= 0.6 is 11.8 Å². The molecule has 1 unspecified atom stereocenters. The van der Waals surface area contributed by atoms with Gasteiger partial charge in [-0.1, -0.05) is 60.3 Å². The molecule has 1 atom stereocenters. The molecule has 1 N–H and O–H groups in total. The highest BCUT2D eigenvalue weighted by Crippen LogP contribution is 2.32. The largest absolute Gasteiger partial charge is 0.495 e. The van der Waals surface area contributed by atoms with Crippen LogP contribution < -0.4 is 10.1 Å². The highest BCUT2D eigenvalue weighted by Gasteiger charge is 2.22. The van der Waals surface area contributed by atoms with E-state index in [2.05, 4.69) is 47.6 Å². The van der Waals surface area contributed by atoms with Gasteiger partial charge in [-0.25, -0.2) is 0 Å². The van der Waals surface area contributed by atoms with Crippen molar-refractivity contribution in [3.63, 3.8) is 0 Å². The van der Waals surface area contributed by atoms with Gasteiger partial charge < -0.3 is 10.1 Å². The summed E-state index contributed by atoms with van der Waals surface area (Å²) in [5.41, 5.74) is 4.95. The molecule has 0 aliphatic heterocycles. The Morgan fingerprint density at radius 2 is 1.70 bits per heavy atom. The fraction of sp³-hybridized carbons (Fsp3) is 0.192. The number of nitrogens with one attached hydrogen (secondary N) is 1. The molecule has 33 heavy (non-hydrogen) atoms. The Bertz CT molecular complexity index is 1270. The summed E-state index contributed by atoms with van der Waals surface area (Å²) in [6.07, 6.45) is 0. The minimum Gasteiger partial charge on any atom is -0.495 e. The molecule has 4 rings (SSSR count). The fourth-order valence-electron chi connectivity index (χ4n) is 3.41. The van der Waals surface area contributed by atoms with E-state index in [0.717, 1.165) is 17.1 Å². The van der Waals surface area contributed by atoms with Gasteiger partial charge >= 0.3 is 0 Å². The zero-order valence-electron chi connectivity index (χ0n) is 19.1. The molecule has 0 radical (unpaired) electrons. The van der Waals surface area contributed by atoms with Crippen LogP contribution in [0.25, 0.3) is 17.1 Å². The molecule has 1 amide bonds. The van der Waals surface area contributed by atoms with Crippen molar-refractivity contribution in [2.45, 2.75) is 31.2 Å². The summed E-state index contributed by atoms with van der Waals surface area (Å²) in [6, 6.07) is 23.6. The van der Waals surface area contributed by atoms with Gasteiger partial charge in [0, 0.05) is 5.56 Å². The van der Waals surface area contributed by atoms with E-state index in [1.807, 2.05) is 66.1 Å². The number of carbonyl (C=O) groups is 1. The van der Waals surface area contributed by atoms with E-state index in [4.69, 9.17) is 4.74 Å². The van der Waals surface area contributed by atoms with Gasteiger partial charge in [-0.15, -0.1) is 10.2 Å². The van der Waals surface area contributed by atoms with Gasteiger partial charge in [0.2, 0.25) is 5.91 Å². The first-order chi connectivity index (χ1) is 16.0. The van der Waals surface area contributed by atoms with Crippen molar-refractivity contribution in [3.05, 3.63) is 83.9 Å². The Kier molecular flexibility index (Phi) is 6.79. The van der Waals surface area contributed by atoms with Crippen molar-refractivity contribution in [2.75, 3.05) is 12.4 Å². The zero-order valence-corrected chi connectivity index (χ0v) is 19.9. The third kappa shape index (κ3) is 4.93. The second-order valence-corrected chi connectivity index (χ2v) is 9.03. The second-order valence-electron chi connectivity index (χ2n) is 7.73. The van der Waals surface area contributed by atoms with Crippen LogP contribution in [0.3, 0.4) is 0 Å². The van der Waals surface area contributed by atoms with E-state index < -0.39 is 5.25 Å².